The Morgan fingerprint density at radius 2 is 1.93 bits per heavy atom. The molecule has 0 saturated carbocycles. The highest BCUT2D eigenvalue weighted by Gasteiger charge is 2.21. The number of rotatable bonds is 2. The molecule has 1 unspecified atom stereocenters. The van der Waals surface area contributed by atoms with Gasteiger partial charge in [0.05, 0.1) is 0 Å². The fourth-order valence-corrected chi connectivity index (χ4v) is 3.73. The summed E-state index contributed by atoms with van der Waals surface area (Å²) in [5, 5.41) is 0.915. The summed E-state index contributed by atoms with van der Waals surface area (Å²) in [4.78, 5) is 2.62. The van der Waals surface area contributed by atoms with E-state index < -0.39 is 0 Å². The summed E-state index contributed by atoms with van der Waals surface area (Å²) in [5.41, 5.74) is 5.90. The first kappa shape index (κ1) is 10.8. The standard InChI is InChI=1S/C11H22N2S/c12-10-4-6-13(7-5-10)9-11-3-1-2-8-14-11/h10-11H,1-9,12H2. The van der Waals surface area contributed by atoms with E-state index in [2.05, 4.69) is 16.7 Å². The molecule has 1 atom stereocenters. The molecule has 0 radical (unpaired) electrons. The quantitative estimate of drug-likeness (QED) is 0.758. The molecule has 2 nitrogen and oxygen atoms in total. The van der Waals surface area contributed by atoms with Gasteiger partial charge in [0, 0.05) is 17.8 Å². The zero-order valence-corrected chi connectivity index (χ0v) is 9.77. The van der Waals surface area contributed by atoms with E-state index in [1.165, 1.54) is 57.5 Å². The Kier molecular flexibility index (Phi) is 4.14. The van der Waals surface area contributed by atoms with Gasteiger partial charge < -0.3 is 10.6 Å². The maximum Gasteiger partial charge on any atom is 0.0175 e. The van der Waals surface area contributed by atoms with Crippen molar-refractivity contribution < 1.29 is 0 Å². The van der Waals surface area contributed by atoms with Crippen molar-refractivity contribution in [2.75, 3.05) is 25.4 Å². The number of hydrogen-bond donors (Lipinski definition) is 1. The summed E-state index contributed by atoms with van der Waals surface area (Å²) in [6.07, 6.45) is 6.74. The van der Waals surface area contributed by atoms with Crippen LogP contribution in [0.25, 0.3) is 0 Å². The second-order valence-electron chi connectivity index (χ2n) is 4.63. The maximum atomic E-state index is 5.90. The smallest absolute Gasteiger partial charge is 0.0175 e. The van der Waals surface area contributed by atoms with Gasteiger partial charge in [-0.3, -0.25) is 0 Å². The first-order chi connectivity index (χ1) is 6.84. The molecular formula is C11H22N2S. The van der Waals surface area contributed by atoms with E-state index in [4.69, 9.17) is 5.73 Å². The molecule has 0 amide bonds. The molecule has 82 valence electrons. The largest absolute Gasteiger partial charge is 0.328 e. The Morgan fingerprint density at radius 3 is 2.57 bits per heavy atom. The van der Waals surface area contributed by atoms with Crippen LogP contribution in [-0.4, -0.2) is 41.6 Å². The van der Waals surface area contributed by atoms with E-state index in [0.717, 1.165) is 5.25 Å². The minimum absolute atomic E-state index is 0.477. The van der Waals surface area contributed by atoms with Crippen molar-refractivity contribution in [2.24, 2.45) is 5.73 Å². The molecule has 14 heavy (non-hydrogen) atoms. The highest BCUT2D eigenvalue weighted by atomic mass is 32.2. The summed E-state index contributed by atoms with van der Waals surface area (Å²) in [6.45, 7) is 3.79. The van der Waals surface area contributed by atoms with Gasteiger partial charge in [0.25, 0.3) is 0 Å². The third-order valence-electron chi connectivity index (χ3n) is 3.37. The molecule has 0 aromatic carbocycles. The van der Waals surface area contributed by atoms with Gasteiger partial charge in [-0.25, -0.2) is 0 Å². The lowest BCUT2D eigenvalue weighted by atomic mass is 10.1. The summed E-state index contributed by atoms with van der Waals surface area (Å²) in [5.74, 6) is 1.39. The topological polar surface area (TPSA) is 29.3 Å². The molecule has 0 aromatic rings. The predicted molar refractivity (Wildman–Crippen MR) is 63.7 cm³/mol. The first-order valence-corrected chi connectivity index (χ1v) is 6.99. The predicted octanol–water partition coefficient (Wildman–Crippen LogP) is 1.70. The lowest BCUT2D eigenvalue weighted by molar-refractivity contribution is 0.211. The number of nitrogens with zero attached hydrogens (tertiary/aromatic N) is 1. The fourth-order valence-electron chi connectivity index (χ4n) is 2.37. The van der Waals surface area contributed by atoms with Crippen LogP contribution in [0.15, 0.2) is 0 Å². The molecule has 2 fully saturated rings. The molecule has 2 aliphatic rings. The van der Waals surface area contributed by atoms with E-state index in [9.17, 15) is 0 Å². The average Bonchev–Trinajstić information content (AvgIpc) is 2.23. The van der Waals surface area contributed by atoms with Crippen LogP contribution in [0.1, 0.15) is 32.1 Å². The van der Waals surface area contributed by atoms with Gasteiger partial charge in [-0.05, 0) is 44.5 Å². The Hall–Kier alpha value is 0.270. The molecule has 2 heterocycles. The van der Waals surface area contributed by atoms with Gasteiger partial charge in [0.1, 0.15) is 0 Å². The Labute approximate surface area is 91.6 Å². The summed E-state index contributed by atoms with van der Waals surface area (Å²) >= 11 is 2.18. The van der Waals surface area contributed by atoms with E-state index in [-0.39, 0.29) is 0 Å². The minimum atomic E-state index is 0.477. The van der Waals surface area contributed by atoms with Crippen LogP contribution >= 0.6 is 11.8 Å². The summed E-state index contributed by atoms with van der Waals surface area (Å²) < 4.78 is 0. The summed E-state index contributed by atoms with van der Waals surface area (Å²) in [6, 6.07) is 0.477. The van der Waals surface area contributed by atoms with Crippen molar-refractivity contribution in [3.63, 3.8) is 0 Å². The van der Waals surface area contributed by atoms with Crippen LogP contribution in [0.5, 0.6) is 0 Å². The SMILES string of the molecule is NC1CCN(CC2CCCCS2)CC1. The van der Waals surface area contributed by atoms with E-state index in [1.807, 2.05) is 0 Å². The Bertz CT molecular complexity index is 161. The zero-order valence-electron chi connectivity index (χ0n) is 8.95. The second kappa shape index (κ2) is 5.38. The molecule has 0 bridgehead atoms. The van der Waals surface area contributed by atoms with Crippen molar-refractivity contribution in [1.29, 1.82) is 0 Å². The highest BCUT2D eigenvalue weighted by molar-refractivity contribution is 7.99. The Balaban J connectivity index is 1.68. The number of hydrogen-bond acceptors (Lipinski definition) is 3. The van der Waals surface area contributed by atoms with Crippen molar-refractivity contribution >= 4 is 11.8 Å². The molecule has 2 rings (SSSR count). The Morgan fingerprint density at radius 1 is 1.14 bits per heavy atom. The van der Waals surface area contributed by atoms with Gasteiger partial charge in [0.15, 0.2) is 0 Å². The zero-order chi connectivity index (χ0) is 9.80. The van der Waals surface area contributed by atoms with Crippen LogP contribution in [0.4, 0.5) is 0 Å². The maximum absolute atomic E-state index is 5.90. The fraction of sp³-hybridized carbons (Fsp3) is 1.00. The van der Waals surface area contributed by atoms with Crippen LogP contribution in [0, 0.1) is 0 Å². The van der Waals surface area contributed by atoms with E-state index in [1.54, 1.807) is 0 Å². The number of nitrogens with two attached hydrogens (primary N) is 1. The van der Waals surface area contributed by atoms with Gasteiger partial charge in [-0.2, -0.15) is 11.8 Å². The first-order valence-electron chi connectivity index (χ1n) is 5.94. The van der Waals surface area contributed by atoms with Gasteiger partial charge in [0.2, 0.25) is 0 Å². The number of thioether (sulfide) groups is 1. The van der Waals surface area contributed by atoms with Crippen molar-refractivity contribution in [1.82, 2.24) is 4.90 Å². The molecule has 3 heteroatoms. The average molecular weight is 214 g/mol. The van der Waals surface area contributed by atoms with Gasteiger partial charge in [-0.1, -0.05) is 6.42 Å². The van der Waals surface area contributed by atoms with Gasteiger partial charge >= 0.3 is 0 Å². The van der Waals surface area contributed by atoms with E-state index >= 15 is 0 Å². The minimum Gasteiger partial charge on any atom is -0.328 e. The normalized spacial score (nSPS) is 31.9. The monoisotopic (exact) mass is 214 g/mol. The van der Waals surface area contributed by atoms with Crippen molar-refractivity contribution in [3.8, 4) is 0 Å². The molecule has 0 aromatic heterocycles. The number of likely N-dealkylation sites (tertiary alicyclic amines) is 1. The van der Waals surface area contributed by atoms with Crippen LogP contribution in [0.3, 0.4) is 0 Å². The molecule has 0 aliphatic carbocycles. The van der Waals surface area contributed by atoms with Crippen LogP contribution in [-0.2, 0) is 0 Å². The molecule has 0 spiro atoms. The third kappa shape index (κ3) is 3.14. The molecule has 2 N–H and O–H groups in total. The molecule has 2 saturated heterocycles. The van der Waals surface area contributed by atoms with Crippen LogP contribution < -0.4 is 5.73 Å². The highest BCUT2D eigenvalue weighted by Crippen LogP contribution is 2.26. The van der Waals surface area contributed by atoms with Crippen molar-refractivity contribution in [2.45, 2.75) is 43.4 Å². The second-order valence-corrected chi connectivity index (χ2v) is 6.03. The lowest BCUT2D eigenvalue weighted by Crippen LogP contribution is -2.42. The summed E-state index contributed by atoms with van der Waals surface area (Å²) in [7, 11) is 0. The molecular weight excluding hydrogens is 192 g/mol. The molecule has 2 aliphatic heterocycles. The third-order valence-corrected chi connectivity index (χ3v) is 4.75. The van der Waals surface area contributed by atoms with E-state index in [0.29, 0.717) is 6.04 Å². The number of piperidine rings is 1. The van der Waals surface area contributed by atoms with Crippen LogP contribution in [0.2, 0.25) is 0 Å². The van der Waals surface area contributed by atoms with Gasteiger partial charge in [-0.15, -0.1) is 0 Å². The van der Waals surface area contributed by atoms with Crippen molar-refractivity contribution in [3.05, 3.63) is 0 Å². The lowest BCUT2D eigenvalue weighted by Gasteiger charge is -2.33.